The van der Waals surface area contributed by atoms with E-state index in [1.54, 1.807) is 30.0 Å². The lowest BCUT2D eigenvalue weighted by Crippen LogP contribution is -2.23. The van der Waals surface area contributed by atoms with Crippen molar-refractivity contribution in [3.63, 3.8) is 0 Å². The third-order valence-electron chi connectivity index (χ3n) is 4.63. The molecule has 10 nitrogen and oxygen atoms in total. The zero-order chi connectivity index (χ0) is 20.9. The number of methoxy groups -OCH3 is 1. The van der Waals surface area contributed by atoms with E-state index in [4.69, 9.17) is 4.74 Å². The van der Waals surface area contributed by atoms with Gasteiger partial charge in [-0.05, 0) is 51.0 Å². The van der Waals surface area contributed by atoms with Gasteiger partial charge in [-0.25, -0.2) is 9.67 Å². The Balaban J connectivity index is 1.55. The standard InChI is InChI=1S/C19H19N7O3S/c1-29-6-5-25-11-20-16-3-2-14(8-15(16)19(25)28)22-18(27)9-17(13-4-7-30-10-13)26-12-21-23-24-26/h2-4,7-8,10-12,17H,5-6,9H2,1H3,(H,22,27)/t17-/m1/s1. The lowest BCUT2D eigenvalue weighted by atomic mass is 10.1. The molecule has 3 heterocycles. The highest BCUT2D eigenvalue weighted by atomic mass is 32.1. The van der Waals surface area contributed by atoms with Crippen LogP contribution in [0, 0.1) is 0 Å². The average Bonchev–Trinajstić information content (AvgIpc) is 3.46. The Hall–Kier alpha value is -3.44. The van der Waals surface area contributed by atoms with E-state index in [2.05, 4.69) is 25.8 Å². The van der Waals surface area contributed by atoms with E-state index in [-0.39, 0.29) is 23.9 Å². The topological polar surface area (TPSA) is 117 Å². The number of nitrogens with one attached hydrogen (secondary N) is 1. The number of carbonyl (C=O) groups excluding carboxylic acids is 1. The molecule has 3 aromatic heterocycles. The number of hydrogen-bond donors (Lipinski definition) is 1. The highest BCUT2D eigenvalue weighted by molar-refractivity contribution is 7.08. The van der Waals surface area contributed by atoms with Crippen molar-refractivity contribution < 1.29 is 9.53 Å². The number of nitrogens with zero attached hydrogens (tertiary/aromatic N) is 6. The number of thiophene rings is 1. The van der Waals surface area contributed by atoms with Crippen LogP contribution < -0.4 is 10.9 Å². The van der Waals surface area contributed by atoms with Crippen LogP contribution >= 0.6 is 11.3 Å². The van der Waals surface area contributed by atoms with Gasteiger partial charge in [-0.15, -0.1) is 5.10 Å². The number of amides is 1. The lowest BCUT2D eigenvalue weighted by molar-refractivity contribution is -0.116. The Morgan fingerprint density at radius 3 is 2.93 bits per heavy atom. The number of rotatable bonds is 8. The summed E-state index contributed by atoms with van der Waals surface area (Å²) in [6, 6.07) is 6.70. The number of hydrogen-bond acceptors (Lipinski definition) is 8. The first-order chi connectivity index (χ1) is 14.7. The predicted octanol–water partition coefficient (Wildman–Crippen LogP) is 1.71. The second-order valence-electron chi connectivity index (χ2n) is 6.58. The van der Waals surface area contributed by atoms with E-state index in [1.165, 1.54) is 28.6 Å². The second-order valence-corrected chi connectivity index (χ2v) is 7.36. The van der Waals surface area contributed by atoms with Gasteiger partial charge in [0.05, 0.1) is 42.8 Å². The molecule has 30 heavy (non-hydrogen) atoms. The molecule has 0 aliphatic rings. The monoisotopic (exact) mass is 425 g/mol. The maximum atomic E-state index is 12.7. The van der Waals surface area contributed by atoms with Crippen LogP contribution in [-0.4, -0.2) is 49.4 Å². The second kappa shape index (κ2) is 8.93. The molecule has 0 aliphatic heterocycles. The van der Waals surface area contributed by atoms with Gasteiger partial charge in [0.15, 0.2) is 0 Å². The molecular weight excluding hydrogens is 406 g/mol. The number of carbonyl (C=O) groups is 1. The summed E-state index contributed by atoms with van der Waals surface area (Å²) in [4.78, 5) is 29.7. The Labute approximate surface area is 175 Å². The van der Waals surface area contributed by atoms with E-state index in [1.807, 2.05) is 16.8 Å². The van der Waals surface area contributed by atoms with Gasteiger partial charge in [0.2, 0.25) is 5.91 Å². The number of benzene rings is 1. The zero-order valence-corrected chi connectivity index (χ0v) is 17.0. The Morgan fingerprint density at radius 1 is 1.30 bits per heavy atom. The summed E-state index contributed by atoms with van der Waals surface area (Å²) in [6.45, 7) is 0.813. The van der Waals surface area contributed by atoms with Gasteiger partial charge < -0.3 is 10.1 Å². The molecule has 0 fully saturated rings. The largest absolute Gasteiger partial charge is 0.383 e. The molecule has 1 N–H and O–H groups in total. The van der Waals surface area contributed by atoms with E-state index in [0.717, 1.165) is 5.56 Å². The summed E-state index contributed by atoms with van der Waals surface area (Å²) in [5, 5.41) is 18.5. The fraction of sp³-hybridized carbons (Fsp3) is 0.263. The number of aromatic nitrogens is 6. The number of tetrazole rings is 1. The van der Waals surface area contributed by atoms with E-state index >= 15 is 0 Å². The first-order valence-electron chi connectivity index (χ1n) is 9.18. The zero-order valence-electron chi connectivity index (χ0n) is 16.1. The lowest BCUT2D eigenvalue weighted by Gasteiger charge is -2.15. The Kier molecular flexibility index (Phi) is 5.91. The number of ether oxygens (including phenoxy) is 1. The van der Waals surface area contributed by atoms with Crippen LogP contribution in [0.3, 0.4) is 0 Å². The molecule has 0 aliphatic carbocycles. The smallest absolute Gasteiger partial charge is 0.261 e. The molecule has 4 rings (SSSR count). The minimum absolute atomic E-state index is 0.144. The average molecular weight is 425 g/mol. The quantitative estimate of drug-likeness (QED) is 0.457. The van der Waals surface area contributed by atoms with Crippen molar-refractivity contribution in [2.45, 2.75) is 19.0 Å². The highest BCUT2D eigenvalue weighted by Gasteiger charge is 2.20. The molecule has 0 saturated heterocycles. The highest BCUT2D eigenvalue weighted by Crippen LogP contribution is 2.24. The van der Waals surface area contributed by atoms with Gasteiger partial charge in [0.1, 0.15) is 6.33 Å². The van der Waals surface area contributed by atoms with Crippen molar-refractivity contribution in [2.24, 2.45) is 0 Å². The Morgan fingerprint density at radius 2 is 2.20 bits per heavy atom. The number of anilines is 1. The Bertz CT molecular complexity index is 1150. The molecular formula is C19H19N7O3S. The number of fused-ring (bicyclic) bond motifs is 1. The van der Waals surface area contributed by atoms with Crippen LogP contribution in [0.4, 0.5) is 5.69 Å². The van der Waals surface area contributed by atoms with E-state index < -0.39 is 0 Å². The fourth-order valence-corrected chi connectivity index (χ4v) is 3.82. The van der Waals surface area contributed by atoms with Gasteiger partial charge in [-0.2, -0.15) is 11.3 Å². The summed E-state index contributed by atoms with van der Waals surface area (Å²) >= 11 is 1.54. The first-order valence-corrected chi connectivity index (χ1v) is 10.1. The maximum Gasteiger partial charge on any atom is 0.261 e. The van der Waals surface area contributed by atoms with Crippen LogP contribution in [0.1, 0.15) is 18.0 Å². The molecule has 11 heteroatoms. The predicted molar refractivity (Wildman–Crippen MR) is 111 cm³/mol. The molecule has 4 aromatic rings. The van der Waals surface area contributed by atoms with Crippen molar-refractivity contribution in [2.75, 3.05) is 19.0 Å². The van der Waals surface area contributed by atoms with Crippen LogP contribution in [0.5, 0.6) is 0 Å². The summed E-state index contributed by atoms with van der Waals surface area (Å²) in [7, 11) is 1.58. The normalized spacial score (nSPS) is 12.2. The minimum atomic E-state index is -0.320. The molecule has 0 saturated carbocycles. The van der Waals surface area contributed by atoms with Gasteiger partial charge in [-0.1, -0.05) is 0 Å². The molecule has 1 atom stereocenters. The van der Waals surface area contributed by atoms with Crippen molar-refractivity contribution in [1.82, 2.24) is 29.8 Å². The maximum absolute atomic E-state index is 12.7. The molecule has 0 spiro atoms. The molecule has 0 unspecified atom stereocenters. The summed E-state index contributed by atoms with van der Waals surface area (Å²) in [6.07, 6.45) is 3.13. The van der Waals surface area contributed by atoms with Gasteiger partial charge in [0, 0.05) is 12.8 Å². The van der Waals surface area contributed by atoms with Crippen molar-refractivity contribution in [3.05, 3.63) is 63.6 Å². The van der Waals surface area contributed by atoms with Crippen LogP contribution in [0.25, 0.3) is 10.9 Å². The minimum Gasteiger partial charge on any atom is -0.383 e. The fourth-order valence-electron chi connectivity index (χ4n) is 3.11. The van der Waals surface area contributed by atoms with Gasteiger partial charge in [-0.3, -0.25) is 14.2 Å². The van der Waals surface area contributed by atoms with Crippen LogP contribution in [0.2, 0.25) is 0 Å². The summed E-state index contributed by atoms with van der Waals surface area (Å²) in [5.74, 6) is -0.218. The molecule has 1 amide bonds. The van der Waals surface area contributed by atoms with Crippen molar-refractivity contribution >= 4 is 33.8 Å². The van der Waals surface area contributed by atoms with Crippen molar-refractivity contribution in [1.29, 1.82) is 0 Å². The molecule has 154 valence electrons. The summed E-state index contributed by atoms with van der Waals surface area (Å²) < 4.78 is 8.07. The molecule has 1 aromatic carbocycles. The third kappa shape index (κ3) is 4.26. The molecule has 0 bridgehead atoms. The van der Waals surface area contributed by atoms with Crippen LogP contribution in [-0.2, 0) is 16.1 Å². The first kappa shape index (κ1) is 19.9. The van der Waals surface area contributed by atoms with Gasteiger partial charge in [0.25, 0.3) is 5.56 Å². The third-order valence-corrected chi connectivity index (χ3v) is 5.34. The van der Waals surface area contributed by atoms with Crippen LogP contribution in [0.15, 0.2) is 52.5 Å². The molecule has 0 radical (unpaired) electrons. The van der Waals surface area contributed by atoms with E-state index in [9.17, 15) is 9.59 Å². The van der Waals surface area contributed by atoms with Crippen molar-refractivity contribution in [3.8, 4) is 0 Å². The van der Waals surface area contributed by atoms with E-state index in [0.29, 0.717) is 29.7 Å². The SMILES string of the molecule is COCCn1cnc2ccc(NC(=O)C[C@H](c3ccsc3)n3cnnn3)cc2c1=O. The van der Waals surface area contributed by atoms with Gasteiger partial charge >= 0.3 is 0 Å². The summed E-state index contributed by atoms with van der Waals surface area (Å²) in [5.41, 5.74) is 1.86.